The van der Waals surface area contributed by atoms with Gasteiger partial charge in [-0.15, -0.1) is 5.10 Å². The number of carbonyl (C=O) groups excluding carboxylic acids is 2. The highest BCUT2D eigenvalue weighted by Crippen LogP contribution is 2.37. The second-order valence-electron chi connectivity index (χ2n) is 5.12. The van der Waals surface area contributed by atoms with E-state index in [1.165, 1.54) is 0 Å². The van der Waals surface area contributed by atoms with E-state index >= 15 is 0 Å². The molecule has 0 radical (unpaired) electrons. The van der Waals surface area contributed by atoms with Crippen molar-refractivity contribution < 1.29 is 9.59 Å². The van der Waals surface area contributed by atoms with Crippen molar-refractivity contribution in [3.05, 3.63) is 11.6 Å². The molecule has 1 aromatic rings. The highest BCUT2D eigenvalue weighted by atomic mass is 16.2. The van der Waals surface area contributed by atoms with Crippen molar-refractivity contribution in [3.8, 4) is 0 Å². The summed E-state index contributed by atoms with van der Waals surface area (Å²) in [7, 11) is 0. The SMILES string of the molecule is CC(=O)N1CCN(C(=O)c2n[nH]c(C3CC3)n2)CC1. The van der Waals surface area contributed by atoms with Gasteiger partial charge in [-0.1, -0.05) is 0 Å². The van der Waals surface area contributed by atoms with Crippen molar-refractivity contribution in [1.82, 2.24) is 25.0 Å². The summed E-state index contributed by atoms with van der Waals surface area (Å²) in [5.74, 6) is 1.44. The van der Waals surface area contributed by atoms with E-state index in [-0.39, 0.29) is 17.6 Å². The fourth-order valence-electron chi connectivity index (χ4n) is 2.28. The molecule has 1 aliphatic heterocycles. The van der Waals surface area contributed by atoms with Gasteiger partial charge in [0.25, 0.3) is 5.91 Å². The van der Waals surface area contributed by atoms with E-state index in [4.69, 9.17) is 0 Å². The van der Waals surface area contributed by atoms with Crippen LogP contribution in [0.3, 0.4) is 0 Å². The maximum atomic E-state index is 12.2. The molecule has 2 heterocycles. The highest BCUT2D eigenvalue weighted by Gasteiger charge is 2.30. The highest BCUT2D eigenvalue weighted by molar-refractivity contribution is 5.90. The Balaban J connectivity index is 1.62. The van der Waals surface area contributed by atoms with Crippen LogP contribution in [0.25, 0.3) is 0 Å². The van der Waals surface area contributed by atoms with Crippen LogP contribution in [0.1, 0.15) is 42.1 Å². The fourth-order valence-corrected chi connectivity index (χ4v) is 2.28. The van der Waals surface area contributed by atoms with Gasteiger partial charge in [0, 0.05) is 39.0 Å². The Morgan fingerprint density at radius 1 is 1.16 bits per heavy atom. The fraction of sp³-hybridized carbons (Fsp3) is 0.667. The van der Waals surface area contributed by atoms with Gasteiger partial charge in [-0.25, -0.2) is 4.98 Å². The average molecular weight is 263 g/mol. The molecule has 1 saturated heterocycles. The lowest BCUT2D eigenvalue weighted by Crippen LogP contribution is -2.50. The first kappa shape index (κ1) is 12.1. The van der Waals surface area contributed by atoms with Gasteiger partial charge < -0.3 is 9.80 Å². The maximum Gasteiger partial charge on any atom is 0.293 e. The Kier molecular flexibility index (Phi) is 2.96. The van der Waals surface area contributed by atoms with Crippen molar-refractivity contribution >= 4 is 11.8 Å². The molecule has 0 atom stereocenters. The summed E-state index contributed by atoms with van der Waals surface area (Å²) >= 11 is 0. The van der Waals surface area contributed by atoms with Crippen molar-refractivity contribution in [2.45, 2.75) is 25.7 Å². The first-order chi connectivity index (χ1) is 9.15. The van der Waals surface area contributed by atoms with Crippen molar-refractivity contribution in [2.24, 2.45) is 0 Å². The zero-order valence-electron chi connectivity index (χ0n) is 10.9. The van der Waals surface area contributed by atoms with Gasteiger partial charge >= 0.3 is 0 Å². The lowest BCUT2D eigenvalue weighted by molar-refractivity contribution is -0.130. The monoisotopic (exact) mass is 263 g/mol. The van der Waals surface area contributed by atoms with Gasteiger partial charge in [0.05, 0.1) is 0 Å². The van der Waals surface area contributed by atoms with E-state index in [2.05, 4.69) is 15.2 Å². The average Bonchev–Trinajstić information content (AvgIpc) is 3.16. The summed E-state index contributed by atoms with van der Waals surface area (Å²) in [4.78, 5) is 31.2. The Hall–Kier alpha value is -1.92. The maximum absolute atomic E-state index is 12.2. The molecule has 7 heteroatoms. The Bertz CT molecular complexity index is 500. The third-order valence-corrected chi connectivity index (χ3v) is 3.67. The molecule has 2 amide bonds. The number of amides is 2. The summed E-state index contributed by atoms with van der Waals surface area (Å²) in [6.45, 7) is 3.81. The zero-order chi connectivity index (χ0) is 13.4. The number of rotatable bonds is 2. The molecule has 0 aromatic carbocycles. The molecule has 1 saturated carbocycles. The van der Waals surface area contributed by atoms with Crippen LogP contribution in [0.4, 0.5) is 0 Å². The minimum atomic E-state index is -0.147. The van der Waals surface area contributed by atoms with Gasteiger partial charge in [-0.2, -0.15) is 0 Å². The van der Waals surface area contributed by atoms with Gasteiger partial charge in [-0.05, 0) is 12.8 Å². The molecular formula is C12H17N5O2. The number of hydrogen-bond acceptors (Lipinski definition) is 4. The molecule has 0 bridgehead atoms. The first-order valence-corrected chi connectivity index (χ1v) is 6.62. The van der Waals surface area contributed by atoms with Crippen LogP contribution in [-0.4, -0.2) is 63.0 Å². The standard InChI is InChI=1S/C12H17N5O2/c1-8(18)16-4-6-17(7-5-16)12(19)11-13-10(14-15-11)9-2-3-9/h9H,2-7H2,1H3,(H,13,14,15). The van der Waals surface area contributed by atoms with Gasteiger partial charge in [0.15, 0.2) is 0 Å². The predicted molar refractivity (Wildman–Crippen MR) is 66.5 cm³/mol. The lowest BCUT2D eigenvalue weighted by Gasteiger charge is -2.33. The Morgan fingerprint density at radius 3 is 2.37 bits per heavy atom. The number of aromatic nitrogens is 3. The van der Waals surface area contributed by atoms with E-state index in [0.29, 0.717) is 32.1 Å². The lowest BCUT2D eigenvalue weighted by atomic mass is 10.3. The molecule has 19 heavy (non-hydrogen) atoms. The molecule has 3 rings (SSSR count). The van der Waals surface area contributed by atoms with Crippen molar-refractivity contribution in [2.75, 3.05) is 26.2 Å². The molecule has 1 aromatic heterocycles. The second-order valence-corrected chi connectivity index (χ2v) is 5.12. The van der Waals surface area contributed by atoms with Crippen molar-refractivity contribution in [1.29, 1.82) is 0 Å². The molecule has 102 valence electrons. The quantitative estimate of drug-likeness (QED) is 0.813. The van der Waals surface area contributed by atoms with E-state index in [1.54, 1.807) is 16.7 Å². The van der Waals surface area contributed by atoms with Crippen LogP contribution in [0, 0.1) is 0 Å². The van der Waals surface area contributed by atoms with E-state index in [9.17, 15) is 9.59 Å². The minimum Gasteiger partial charge on any atom is -0.339 e. The molecule has 7 nitrogen and oxygen atoms in total. The molecular weight excluding hydrogens is 246 g/mol. The number of piperazine rings is 1. The number of nitrogens with zero attached hydrogens (tertiary/aromatic N) is 4. The van der Waals surface area contributed by atoms with Gasteiger partial charge in [-0.3, -0.25) is 14.7 Å². The third-order valence-electron chi connectivity index (χ3n) is 3.67. The van der Waals surface area contributed by atoms with E-state index < -0.39 is 0 Å². The van der Waals surface area contributed by atoms with Crippen molar-refractivity contribution in [3.63, 3.8) is 0 Å². The van der Waals surface area contributed by atoms with Gasteiger partial charge in [0.1, 0.15) is 5.82 Å². The predicted octanol–water partition coefficient (Wildman–Crippen LogP) is -0.0136. The van der Waals surface area contributed by atoms with E-state index in [0.717, 1.165) is 18.7 Å². The molecule has 1 aliphatic carbocycles. The molecule has 0 unspecified atom stereocenters. The summed E-state index contributed by atoms with van der Waals surface area (Å²) in [5, 5.41) is 6.84. The van der Waals surface area contributed by atoms with Crippen LogP contribution < -0.4 is 0 Å². The smallest absolute Gasteiger partial charge is 0.293 e. The number of hydrogen-bond donors (Lipinski definition) is 1. The third kappa shape index (κ3) is 2.45. The number of carbonyl (C=O) groups is 2. The summed E-state index contributed by atoms with van der Waals surface area (Å²) in [5.41, 5.74) is 0. The number of H-pyrrole nitrogens is 1. The Labute approximate surface area is 111 Å². The van der Waals surface area contributed by atoms with E-state index in [1.807, 2.05) is 0 Å². The number of aromatic amines is 1. The second kappa shape index (κ2) is 4.64. The van der Waals surface area contributed by atoms with Crippen LogP contribution in [-0.2, 0) is 4.79 Å². The largest absolute Gasteiger partial charge is 0.339 e. The Morgan fingerprint density at radius 2 is 1.79 bits per heavy atom. The summed E-state index contributed by atoms with van der Waals surface area (Å²) in [6, 6.07) is 0. The summed E-state index contributed by atoms with van der Waals surface area (Å²) < 4.78 is 0. The minimum absolute atomic E-state index is 0.0565. The van der Waals surface area contributed by atoms with Crippen LogP contribution in [0.15, 0.2) is 0 Å². The molecule has 2 aliphatic rings. The first-order valence-electron chi connectivity index (χ1n) is 6.62. The number of nitrogens with one attached hydrogen (secondary N) is 1. The van der Waals surface area contributed by atoms with Crippen LogP contribution in [0.2, 0.25) is 0 Å². The van der Waals surface area contributed by atoms with Crippen LogP contribution in [0.5, 0.6) is 0 Å². The van der Waals surface area contributed by atoms with Crippen LogP contribution >= 0.6 is 0 Å². The topological polar surface area (TPSA) is 82.2 Å². The normalized spacial score (nSPS) is 19.6. The van der Waals surface area contributed by atoms with Gasteiger partial charge in [0.2, 0.25) is 11.7 Å². The zero-order valence-corrected chi connectivity index (χ0v) is 10.9. The molecule has 1 N–H and O–H groups in total. The summed E-state index contributed by atoms with van der Waals surface area (Å²) in [6.07, 6.45) is 2.25. The molecule has 0 spiro atoms. The molecule has 2 fully saturated rings.